The average Bonchev–Trinajstić information content (AvgIpc) is 2.18. The van der Waals surface area contributed by atoms with Crippen LogP contribution in [-0.4, -0.2) is 0 Å². The van der Waals surface area contributed by atoms with Crippen LogP contribution in [0.2, 0.25) is 0 Å². The summed E-state index contributed by atoms with van der Waals surface area (Å²) >= 11 is 0. The van der Waals surface area contributed by atoms with Crippen molar-refractivity contribution in [3.05, 3.63) is 17.9 Å². The summed E-state index contributed by atoms with van der Waals surface area (Å²) in [5.74, 6) is 2.37. The van der Waals surface area contributed by atoms with Crippen LogP contribution in [-0.2, 0) is 0 Å². The second-order valence-corrected chi connectivity index (χ2v) is 4.85. The van der Waals surface area contributed by atoms with Crippen molar-refractivity contribution in [2.75, 3.05) is 0 Å². The first-order chi connectivity index (χ1) is 6.74. The summed E-state index contributed by atoms with van der Waals surface area (Å²) in [6.45, 7) is 6.97. The van der Waals surface area contributed by atoms with E-state index in [0.717, 1.165) is 17.8 Å². The molecule has 0 radical (unpaired) electrons. The zero-order valence-electron chi connectivity index (χ0n) is 9.92. The molecule has 0 amide bonds. The molecule has 0 bridgehead atoms. The highest BCUT2D eigenvalue weighted by molar-refractivity contribution is 5.00. The fourth-order valence-corrected chi connectivity index (χ4v) is 2.24. The second-order valence-electron chi connectivity index (χ2n) is 4.85. The van der Waals surface area contributed by atoms with Gasteiger partial charge in [-0.25, -0.2) is 0 Å². The Morgan fingerprint density at radius 2 is 2.14 bits per heavy atom. The predicted octanol–water partition coefficient (Wildman–Crippen LogP) is 4.57. The van der Waals surface area contributed by atoms with Crippen molar-refractivity contribution in [2.45, 2.75) is 52.9 Å². The van der Waals surface area contributed by atoms with E-state index < -0.39 is 0 Å². The van der Waals surface area contributed by atoms with Gasteiger partial charge in [0.05, 0.1) is 0 Å². The quantitative estimate of drug-likeness (QED) is 0.442. The molecular formula is C14H24. The lowest BCUT2D eigenvalue weighted by Crippen LogP contribution is -2.14. The molecule has 0 aromatic carbocycles. The largest absolute Gasteiger partial charge is 0.129 e. The summed E-state index contributed by atoms with van der Waals surface area (Å²) in [7, 11) is 0. The van der Waals surface area contributed by atoms with Gasteiger partial charge < -0.3 is 0 Å². The minimum atomic E-state index is 0.735. The van der Waals surface area contributed by atoms with E-state index in [1.54, 1.807) is 0 Å². The van der Waals surface area contributed by atoms with Gasteiger partial charge in [0.1, 0.15) is 0 Å². The third-order valence-electron chi connectivity index (χ3n) is 3.33. The first kappa shape index (κ1) is 11.6. The molecule has 0 aromatic rings. The van der Waals surface area contributed by atoms with Gasteiger partial charge in [-0.2, -0.15) is 0 Å². The molecule has 0 saturated heterocycles. The molecule has 0 heteroatoms. The Morgan fingerprint density at radius 3 is 2.79 bits per heavy atom. The van der Waals surface area contributed by atoms with Gasteiger partial charge >= 0.3 is 0 Å². The molecule has 0 saturated carbocycles. The molecule has 3 atom stereocenters. The topological polar surface area (TPSA) is 0 Å². The van der Waals surface area contributed by atoms with Crippen LogP contribution in [0.5, 0.6) is 0 Å². The zero-order valence-corrected chi connectivity index (χ0v) is 9.92. The first-order valence-electron chi connectivity index (χ1n) is 6.16. The van der Waals surface area contributed by atoms with E-state index >= 15 is 0 Å². The number of rotatable bonds is 5. The highest BCUT2D eigenvalue weighted by Crippen LogP contribution is 2.28. The van der Waals surface area contributed by atoms with E-state index in [2.05, 4.69) is 38.7 Å². The molecule has 0 aromatic heterocycles. The summed E-state index contributed by atoms with van der Waals surface area (Å²) in [6, 6.07) is 0. The van der Waals surface area contributed by atoms with Crippen LogP contribution in [0.1, 0.15) is 52.9 Å². The van der Waals surface area contributed by atoms with Crippen molar-refractivity contribution in [3.8, 4) is 0 Å². The summed E-state index contributed by atoms with van der Waals surface area (Å²) in [5.41, 5.74) is 3.31. The van der Waals surface area contributed by atoms with Crippen LogP contribution in [0.25, 0.3) is 0 Å². The van der Waals surface area contributed by atoms with E-state index in [1.807, 2.05) is 0 Å². The van der Waals surface area contributed by atoms with Gasteiger partial charge in [0, 0.05) is 0 Å². The predicted molar refractivity (Wildman–Crippen MR) is 63.2 cm³/mol. The lowest BCUT2D eigenvalue weighted by atomic mass is 9.81. The van der Waals surface area contributed by atoms with Gasteiger partial charge in [-0.3, -0.25) is 0 Å². The van der Waals surface area contributed by atoms with Crippen molar-refractivity contribution in [2.24, 2.45) is 17.8 Å². The average molecular weight is 192 g/mol. The number of allylic oxidation sites excluding steroid dienone is 1. The minimum Gasteiger partial charge on any atom is -0.129 e. The molecule has 0 spiro atoms. The summed E-state index contributed by atoms with van der Waals surface area (Å²) in [5, 5.41) is 0. The maximum atomic E-state index is 3.31. The van der Waals surface area contributed by atoms with Gasteiger partial charge in [-0.1, -0.05) is 46.5 Å². The molecule has 0 fully saturated rings. The molecule has 14 heavy (non-hydrogen) atoms. The smallest absolute Gasteiger partial charge is 0.0126 e. The normalized spacial score (nSPS) is 27.9. The van der Waals surface area contributed by atoms with Crippen molar-refractivity contribution in [3.63, 3.8) is 0 Å². The van der Waals surface area contributed by atoms with Crippen LogP contribution >= 0.6 is 0 Å². The van der Waals surface area contributed by atoms with E-state index in [-0.39, 0.29) is 0 Å². The SMILES string of the molecule is CCCCCC(C)C1C=C=CC(C)C1. The fourth-order valence-electron chi connectivity index (χ4n) is 2.24. The van der Waals surface area contributed by atoms with Crippen LogP contribution in [0.4, 0.5) is 0 Å². The summed E-state index contributed by atoms with van der Waals surface area (Å²) in [6.07, 6.45) is 11.4. The third kappa shape index (κ3) is 3.72. The van der Waals surface area contributed by atoms with Gasteiger partial charge in [-0.15, -0.1) is 5.73 Å². The first-order valence-corrected chi connectivity index (χ1v) is 6.16. The lowest BCUT2D eigenvalue weighted by Gasteiger charge is -2.24. The van der Waals surface area contributed by atoms with Crippen molar-refractivity contribution < 1.29 is 0 Å². The van der Waals surface area contributed by atoms with Crippen LogP contribution < -0.4 is 0 Å². The van der Waals surface area contributed by atoms with E-state index in [9.17, 15) is 0 Å². The van der Waals surface area contributed by atoms with Crippen molar-refractivity contribution in [1.82, 2.24) is 0 Å². The summed E-state index contributed by atoms with van der Waals surface area (Å²) < 4.78 is 0. The molecule has 0 N–H and O–H groups in total. The standard InChI is InChI=1S/C14H24/c1-4-5-6-9-13(3)14-10-7-8-12(2)11-14/h8,10,12-14H,4-6,9,11H2,1-3H3. The van der Waals surface area contributed by atoms with E-state index in [4.69, 9.17) is 0 Å². The van der Waals surface area contributed by atoms with E-state index in [0.29, 0.717) is 0 Å². The Balaban J connectivity index is 2.30. The molecule has 0 heterocycles. The van der Waals surface area contributed by atoms with Crippen molar-refractivity contribution >= 4 is 0 Å². The minimum absolute atomic E-state index is 0.735. The highest BCUT2D eigenvalue weighted by atomic mass is 14.2. The Bertz CT molecular complexity index is 208. The molecule has 80 valence electrons. The van der Waals surface area contributed by atoms with Crippen LogP contribution in [0.3, 0.4) is 0 Å². The molecule has 0 aliphatic heterocycles. The number of hydrogen-bond acceptors (Lipinski definition) is 0. The van der Waals surface area contributed by atoms with Gasteiger partial charge in [-0.05, 0) is 36.3 Å². The van der Waals surface area contributed by atoms with Gasteiger partial charge in [0.15, 0.2) is 0 Å². The maximum Gasteiger partial charge on any atom is -0.0126 e. The number of hydrogen-bond donors (Lipinski definition) is 0. The number of unbranched alkanes of at least 4 members (excludes halogenated alkanes) is 2. The Labute approximate surface area is 89.1 Å². The molecule has 1 aliphatic rings. The van der Waals surface area contributed by atoms with Gasteiger partial charge in [0.25, 0.3) is 0 Å². The summed E-state index contributed by atoms with van der Waals surface area (Å²) in [4.78, 5) is 0. The Hall–Kier alpha value is -0.480. The monoisotopic (exact) mass is 192 g/mol. The Morgan fingerprint density at radius 1 is 1.36 bits per heavy atom. The molecule has 1 aliphatic carbocycles. The second kappa shape index (κ2) is 6.09. The molecule has 3 unspecified atom stereocenters. The van der Waals surface area contributed by atoms with Crippen LogP contribution in [0.15, 0.2) is 17.9 Å². The zero-order chi connectivity index (χ0) is 10.4. The maximum absolute atomic E-state index is 3.31. The molecule has 0 nitrogen and oxygen atoms in total. The van der Waals surface area contributed by atoms with Crippen molar-refractivity contribution in [1.29, 1.82) is 0 Å². The highest BCUT2D eigenvalue weighted by Gasteiger charge is 2.17. The lowest BCUT2D eigenvalue weighted by molar-refractivity contribution is 0.339. The van der Waals surface area contributed by atoms with Gasteiger partial charge in [0.2, 0.25) is 0 Å². The van der Waals surface area contributed by atoms with E-state index in [1.165, 1.54) is 32.1 Å². The third-order valence-corrected chi connectivity index (χ3v) is 3.33. The Kier molecular flexibility index (Phi) is 5.04. The van der Waals surface area contributed by atoms with Crippen LogP contribution in [0, 0.1) is 17.8 Å². The molecule has 1 rings (SSSR count). The molecular weight excluding hydrogens is 168 g/mol. The fraction of sp³-hybridized carbons (Fsp3) is 0.786.